The smallest absolute Gasteiger partial charge is 0.120 e. The fraction of sp³-hybridized carbons (Fsp3) is 0.615. The van der Waals surface area contributed by atoms with E-state index in [4.69, 9.17) is 5.26 Å². The Morgan fingerprint density at radius 3 is 2.82 bits per heavy atom. The van der Waals surface area contributed by atoms with Crippen LogP contribution in [0, 0.1) is 18.3 Å². The summed E-state index contributed by atoms with van der Waals surface area (Å²) in [6.45, 7) is 5.23. The lowest BCUT2D eigenvalue weighted by Gasteiger charge is -2.12. The lowest BCUT2D eigenvalue weighted by atomic mass is 10.2. The van der Waals surface area contributed by atoms with E-state index in [0.29, 0.717) is 6.04 Å². The average molecular weight is 232 g/mol. The van der Waals surface area contributed by atoms with Crippen LogP contribution in [-0.2, 0) is 13.6 Å². The van der Waals surface area contributed by atoms with Crippen LogP contribution in [0.5, 0.6) is 0 Å². The molecule has 1 saturated heterocycles. The van der Waals surface area contributed by atoms with Gasteiger partial charge in [-0.3, -0.25) is 0 Å². The summed E-state index contributed by atoms with van der Waals surface area (Å²) in [5.41, 5.74) is 3.15. The van der Waals surface area contributed by atoms with Crippen LogP contribution in [0.25, 0.3) is 0 Å². The van der Waals surface area contributed by atoms with E-state index >= 15 is 0 Å². The molecule has 0 saturated carbocycles. The van der Waals surface area contributed by atoms with Crippen molar-refractivity contribution in [3.63, 3.8) is 0 Å². The molecular weight excluding hydrogens is 212 g/mol. The summed E-state index contributed by atoms with van der Waals surface area (Å²) >= 11 is 0. The largest absolute Gasteiger partial charge is 0.340 e. The van der Waals surface area contributed by atoms with Crippen molar-refractivity contribution >= 4 is 0 Å². The summed E-state index contributed by atoms with van der Waals surface area (Å²) in [6.07, 6.45) is 1.22. The minimum absolute atomic E-state index is 0.588. The van der Waals surface area contributed by atoms with E-state index in [-0.39, 0.29) is 0 Å². The van der Waals surface area contributed by atoms with Crippen LogP contribution in [0.4, 0.5) is 0 Å². The molecule has 0 aliphatic carbocycles. The van der Waals surface area contributed by atoms with E-state index in [2.05, 4.69) is 30.3 Å². The highest BCUT2D eigenvalue weighted by Gasteiger charge is 2.19. The second kappa shape index (κ2) is 4.91. The Hall–Kier alpha value is -1.31. The molecule has 1 aliphatic heterocycles. The van der Waals surface area contributed by atoms with Crippen molar-refractivity contribution in [1.29, 1.82) is 5.26 Å². The van der Waals surface area contributed by atoms with Gasteiger partial charge in [-0.25, -0.2) is 0 Å². The summed E-state index contributed by atoms with van der Waals surface area (Å²) < 4.78 is 1.96. The molecule has 0 spiro atoms. The van der Waals surface area contributed by atoms with Crippen molar-refractivity contribution in [3.8, 4) is 6.07 Å². The average Bonchev–Trinajstić information content (AvgIpc) is 2.84. The van der Waals surface area contributed by atoms with Gasteiger partial charge in [-0.15, -0.1) is 0 Å². The SMILES string of the molecule is Cc1c(CNC2CCN(C)C2)cc(C#N)n1C. The van der Waals surface area contributed by atoms with Gasteiger partial charge in [-0.1, -0.05) is 0 Å². The number of hydrogen-bond acceptors (Lipinski definition) is 3. The summed E-state index contributed by atoms with van der Waals surface area (Å²) in [6, 6.07) is 4.79. The predicted molar refractivity (Wildman–Crippen MR) is 67.6 cm³/mol. The van der Waals surface area contributed by atoms with Gasteiger partial charge in [-0.2, -0.15) is 5.26 Å². The number of nitrogens with zero attached hydrogens (tertiary/aromatic N) is 3. The van der Waals surface area contributed by atoms with Gasteiger partial charge in [0.2, 0.25) is 0 Å². The molecule has 1 fully saturated rings. The van der Waals surface area contributed by atoms with Crippen molar-refractivity contribution in [2.45, 2.75) is 25.9 Å². The first-order valence-corrected chi connectivity index (χ1v) is 6.09. The minimum atomic E-state index is 0.588. The van der Waals surface area contributed by atoms with Crippen molar-refractivity contribution in [2.75, 3.05) is 20.1 Å². The Kier molecular flexibility index (Phi) is 3.51. The maximum Gasteiger partial charge on any atom is 0.120 e. The molecule has 2 rings (SSSR count). The zero-order valence-electron chi connectivity index (χ0n) is 10.8. The lowest BCUT2D eigenvalue weighted by Crippen LogP contribution is -2.31. The Morgan fingerprint density at radius 2 is 2.29 bits per heavy atom. The van der Waals surface area contributed by atoms with E-state index in [1.807, 2.05) is 17.7 Å². The minimum Gasteiger partial charge on any atom is -0.340 e. The predicted octanol–water partition coefficient (Wildman–Crippen LogP) is 0.999. The van der Waals surface area contributed by atoms with E-state index in [0.717, 1.165) is 18.8 Å². The number of hydrogen-bond donors (Lipinski definition) is 1. The van der Waals surface area contributed by atoms with Crippen molar-refractivity contribution in [3.05, 3.63) is 23.0 Å². The Bertz CT molecular complexity index is 441. The zero-order chi connectivity index (χ0) is 12.4. The van der Waals surface area contributed by atoms with Crippen molar-refractivity contribution < 1.29 is 0 Å². The first-order valence-electron chi connectivity index (χ1n) is 6.09. The van der Waals surface area contributed by atoms with E-state index in [1.54, 1.807) is 0 Å². The van der Waals surface area contributed by atoms with Crippen LogP contribution < -0.4 is 5.32 Å². The molecule has 0 bridgehead atoms. The van der Waals surface area contributed by atoms with Gasteiger partial charge in [0.1, 0.15) is 11.8 Å². The highest BCUT2D eigenvalue weighted by Crippen LogP contribution is 2.14. The molecule has 1 aliphatic rings. The van der Waals surface area contributed by atoms with Gasteiger partial charge in [0, 0.05) is 31.9 Å². The molecule has 92 valence electrons. The number of aromatic nitrogens is 1. The zero-order valence-corrected chi connectivity index (χ0v) is 10.8. The second-order valence-electron chi connectivity index (χ2n) is 4.94. The third-order valence-corrected chi connectivity index (χ3v) is 3.73. The van der Waals surface area contributed by atoms with Crippen LogP contribution in [0.3, 0.4) is 0 Å². The van der Waals surface area contributed by atoms with E-state index in [1.165, 1.54) is 24.2 Å². The molecule has 1 unspecified atom stereocenters. The highest BCUT2D eigenvalue weighted by atomic mass is 15.2. The van der Waals surface area contributed by atoms with Gasteiger partial charge in [0.15, 0.2) is 0 Å². The fourth-order valence-electron chi connectivity index (χ4n) is 2.40. The van der Waals surface area contributed by atoms with E-state index < -0.39 is 0 Å². The molecule has 1 N–H and O–H groups in total. The molecule has 17 heavy (non-hydrogen) atoms. The number of nitriles is 1. The summed E-state index contributed by atoms with van der Waals surface area (Å²) in [5.74, 6) is 0. The van der Waals surface area contributed by atoms with Crippen LogP contribution in [0.1, 0.15) is 23.4 Å². The van der Waals surface area contributed by atoms with Crippen LogP contribution in [-0.4, -0.2) is 35.6 Å². The maximum atomic E-state index is 8.97. The first kappa shape index (κ1) is 12.2. The maximum absolute atomic E-state index is 8.97. The van der Waals surface area contributed by atoms with Crippen molar-refractivity contribution in [2.24, 2.45) is 7.05 Å². The van der Waals surface area contributed by atoms with Gasteiger partial charge >= 0.3 is 0 Å². The molecule has 0 amide bonds. The van der Waals surface area contributed by atoms with Crippen LogP contribution in [0.2, 0.25) is 0 Å². The Labute approximate surface area is 103 Å². The third-order valence-electron chi connectivity index (χ3n) is 3.73. The Balaban J connectivity index is 1.98. The fourth-order valence-corrected chi connectivity index (χ4v) is 2.40. The van der Waals surface area contributed by atoms with Gasteiger partial charge in [0.25, 0.3) is 0 Å². The molecule has 4 heteroatoms. The molecule has 0 aromatic carbocycles. The molecule has 4 nitrogen and oxygen atoms in total. The van der Waals surface area contributed by atoms with Crippen LogP contribution in [0.15, 0.2) is 6.07 Å². The number of rotatable bonds is 3. The normalized spacial score (nSPS) is 20.7. The lowest BCUT2D eigenvalue weighted by molar-refractivity contribution is 0.397. The number of likely N-dealkylation sites (tertiary alicyclic amines) is 1. The van der Waals surface area contributed by atoms with Gasteiger partial charge in [-0.05, 0) is 38.6 Å². The molecule has 1 aromatic heterocycles. The van der Waals surface area contributed by atoms with E-state index in [9.17, 15) is 0 Å². The highest BCUT2D eigenvalue weighted by molar-refractivity contribution is 5.34. The quantitative estimate of drug-likeness (QED) is 0.845. The van der Waals surface area contributed by atoms with Gasteiger partial charge < -0.3 is 14.8 Å². The third kappa shape index (κ3) is 2.51. The standard InChI is InChI=1S/C13H20N4/c1-10-11(6-13(7-14)17(10)3)8-15-12-4-5-16(2)9-12/h6,12,15H,4-5,8-9H2,1-3H3. The second-order valence-corrected chi connectivity index (χ2v) is 4.94. The number of likely N-dealkylation sites (N-methyl/N-ethyl adjacent to an activating group) is 1. The first-order chi connectivity index (χ1) is 8.11. The molecule has 0 radical (unpaired) electrons. The molecule has 2 heterocycles. The molecular formula is C13H20N4. The van der Waals surface area contributed by atoms with Crippen molar-refractivity contribution in [1.82, 2.24) is 14.8 Å². The Morgan fingerprint density at radius 1 is 1.53 bits per heavy atom. The number of nitrogens with one attached hydrogen (secondary N) is 1. The molecule has 1 atom stereocenters. The van der Waals surface area contributed by atoms with Gasteiger partial charge in [0.05, 0.1) is 0 Å². The molecule has 1 aromatic rings. The topological polar surface area (TPSA) is 44.0 Å². The van der Waals surface area contributed by atoms with Crippen LogP contribution >= 0.6 is 0 Å². The summed E-state index contributed by atoms with van der Waals surface area (Å²) in [4.78, 5) is 2.34. The summed E-state index contributed by atoms with van der Waals surface area (Å²) in [5, 5.41) is 12.5. The monoisotopic (exact) mass is 232 g/mol. The summed E-state index contributed by atoms with van der Waals surface area (Å²) in [7, 11) is 4.10.